The Hall–Kier alpha value is -0.0800. The summed E-state index contributed by atoms with van der Waals surface area (Å²) in [7, 11) is 0. The van der Waals surface area contributed by atoms with Crippen LogP contribution in [0.3, 0.4) is 0 Å². The van der Waals surface area contributed by atoms with Crippen LogP contribution in [0.5, 0.6) is 0 Å². The van der Waals surface area contributed by atoms with Gasteiger partial charge >= 0.3 is 0 Å². The minimum atomic E-state index is -0.142. The summed E-state index contributed by atoms with van der Waals surface area (Å²) >= 11 is 0. The van der Waals surface area contributed by atoms with Crippen molar-refractivity contribution in [2.45, 2.75) is 51.2 Å². The summed E-state index contributed by atoms with van der Waals surface area (Å²) in [6.07, 6.45) is 5.94. The monoisotopic (exact) mass is 158 g/mol. The molecule has 0 aromatic carbocycles. The van der Waals surface area contributed by atoms with Crippen molar-refractivity contribution in [3.63, 3.8) is 0 Å². The first-order valence-electron chi connectivity index (χ1n) is 4.58. The van der Waals surface area contributed by atoms with Crippen LogP contribution in [0.15, 0.2) is 0 Å². The van der Waals surface area contributed by atoms with Crippen LogP contribution < -0.4 is 0 Å². The highest BCUT2D eigenvalue weighted by Crippen LogP contribution is 2.17. The van der Waals surface area contributed by atoms with Crippen molar-refractivity contribution in [1.82, 2.24) is 0 Å². The van der Waals surface area contributed by atoms with Gasteiger partial charge in [0, 0.05) is 6.61 Å². The van der Waals surface area contributed by atoms with Gasteiger partial charge in [0.15, 0.2) is 0 Å². The molecule has 0 aromatic rings. The average molecular weight is 158 g/mol. The third-order valence-corrected chi connectivity index (χ3v) is 2.17. The molecule has 1 aliphatic rings. The fourth-order valence-corrected chi connectivity index (χ4v) is 1.51. The molecular formula is C9H18O2. The van der Waals surface area contributed by atoms with Crippen LogP contribution in [0.4, 0.5) is 0 Å². The lowest BCUT2D eigenvalue weighted by Gasteiger charge is -2.09. The van der Waals surface area contributed by atoms with Crippen LogP contribution in [-0.2, 0) is 4.74 Å². The van der Waals surface area contributed by atoms with E-state index in [1.165, 1.54) is 12.8 Å². The highest BCUT2D eigenvalue weighted by Gasteiger charge is 2.14. The lowest BCUT2D eigenvalue weighted by atomic mass is 10.1. The molecule has 1 rings (SSSR count). The highest BCUT2D eigenvalue weighted by atomic mass is 16.5. The summed E-state index contributed by atoms with van der Waals surface area (Å²) in [6, 6.07) is 0. The molecule has 66 valence electrons. The van der Waals surface area contributed by atoms with Gasteiger partial charge in [-0.2, -0.15) is 0 Å². The SMILES string of the molecule is CC(O)CCCC1CCCO1. The van der Waals surface area contributed by atoms with Crippen molar-refractivity contribution in [3.05, 3.63) is 0 Å². The van der Waals surface area contributed by atoms with E-state index in [0.29, 0.717) is 6.10 Å². The molecule has 2 heteroatoms. The van der Waals surface area contributed by atoms with E-state index in [9.17, 15) is 0 Å². The molecule has 0 amide bonds. The minimum absolute atomic E-state index is 0.142. The molecule has 1 fully saturated rings. The Morgan fingerprint density at radius 3 is 3.00 bits per heavy atom. The second-order valence-corrected chi connectivity index (χ2v) is 3.41. The molecule has 0 saturated carbocycles. The molecule has 0 spiro atoms. The molecule has 0 bridgehead atoms. The van der Waals surface area contributed by atoms with Gasteiger partial charge in [0.25, 0.3) is 0 Å². The van der Waals surface area contributed by atoms with Crippen LogP contribution >= 0.6 is 0 Å². The van der Waals surface area contributed by atoms with Gasteiger partial charge in [-0.15, -0.1) is 0 Å². The third kappa shape index (κ3) is 3.73. The zero-order valence-corrected chi connectivity index (χ0v) is 7.25. The maximum Gasteiger partial charge on any atom is 0.0576 e. The van der Waals surface area contributed by atoms with Crippen LogP contribution in [0.1, 0.15) is 39.0 Å². The van der Waals surface area contributed by atoms with Gasteiger partial charge in [0.05, 0.1) is 12.2 Å². The predicted molar refractivity (Wildman–Crippen MR) is 44.5 cm³/mol. The Morgan fingerprint density at radius 2 is 2.45 bits per heavy atom. The summed E-state index contributed by atoms with van der Waals surface area (Å²) in [5.74, 6) is 0. The molecule has 2 nitrogen and oxygen atoms in total. The van der Waals surface area contributed by atoms with Crippen LogP contribution in [0, 0.1) is 0 Å². The Kier molecular flexibility index (Phi) is 3.87. The molecule has 1 saturated heterocycles. The van der Waals surface area contributed by atoms with E-state index in [1.54, 1.807) is 0 Å². The number of hydrogen-bond donors (Lipinski definition) is 1. The largest absolute Gasteiger partial charge is 0.393 e. The van der Waals surface area contributed by atoms with Crippen molar-refractivity contribution >= 4 is 0 Å². The van der Waals surface area contributed by atoms with Crippen LogP contribution in [0.2, 0.25) is 0 Å². The van der Waals surface area contributed by atoms with Crippen molar-refractivity contribution in [3.8, 4) is 0 Å². The Morgan fingerprint density at radius 1 is 1.64 bits per heavy atom. The first kappa shape index (κ1) is 9.01. The maximum absolute atomic E-state index is 8.99. The summed E-state index contributed by atoms with van der Waals surface area (Å²) in [4.78, 5) is 0. The topological polar surface area (TPSA) is 29.5 Å². The average Bonchev–Trinajstić information content (AvgIpc) is 2.39. The molecule has 1 N–H and O–H groups in total. The molecule has 2 atom stereocenters. The van der Waals surface area contributed by atoms with E-state index in [0.717, 1.165) is 25.9 Å². The summed E-state index contributed by atoms with van der Waals surface area (Å²) in [6.45, 7) is 2.79. The van der Waals surface area contributed by atoms with E-state index in [4.69, 9.17) is 9.84 Å². The smallest absolute Gasteiger partial charge is 0.0576 e. The van der Waals surface area contributed by atoms with Gasteiger partial charge < -0.3 is 9.84 Å². The van der Waals surface area contributed by atoms with Gasteiger partial charge in [0.1, 0.15) is 0 Å². The van der Waals surface area contributed by atoms with Gasteiger partial charge in [0.2, 0.25) is 0 Å². The molecule has 0 aromatic heterocycles. The standard InChI is InChI=1S/C9H18O2/c1-8(10)4-2-5-9-6-3-7-11-9/h8-10H,2-7H2,1H3. The number of ether oxygens (including phenoxy) is 1. The van der Waals surface area contributed by atoms with E-state index in [-0.39, 0.29) is 6.10 Å². The summed E-state index contributed by atoms with van der Waals surface area (Å²) in [5.41, 5.74) is 0. The predicted octanol–water partition coefficient (Wildman–Crippen LogP) is 1.72. The second-order valence-electron chi connectivity index (χ2n) is 3.41. The Balaban J connectivity index is 1.94. The van der Waals surface area contributed by atoms with E-state index < -0.39 is 0 Å². The summed E-state index contributed by atoms with van der Waals surface area (Å²) in [5, 5.41) is 8.99. The molecule has 11 heavy (non-hydrogen) atoms. The number of hydrogen-bond acceptors (Lipinski definition) is 2. The van der Waals surface area contributed by atoms with Gasteiger partial charge in [-0.1, -0.05) is 0 Å². The lowest BCUT2D eigenvalue weighted by Crippen LogP contribution is -2.06. The molecule has 2 unspecified atom stereocenters. The van der Waals surface area contributed by atoms with Crippen molar-refractivity contribution in [2.75, 3.05) is 6.61 Å². The minimum Gasteiger partial charge on any atom is -0.393 e. The second kappa shape index (κ2) is 4.73. The van der Waals surface area contributed by atoms with Gasteiger partial charge in [-0.3, -0.25) is 0 Å². The van der Waals surface area contributed by atoms with E-state index >= 15 is 0 Å². The van der Waals surface area contributed by atoms with Crippen molar-refractivity contribution in [1.29, 1.82) is 0 Å². The maximum atomic E-state index is 8.99. The van der Waals surface area contributed by atoms with Gasteiger partial charge in [-0.25, -0.2) is 0 Å². The Labute approximate surface area is 68.6 Å². The first-order chi connectivity index (χ1) is 5.29. The third-order valence-electron chi connectivity index (χ3n) is 2.17. The number of aliphatic hydroxyl groups is 1. The van der Waals surface area contributed by atoms with Crippen molar-refractivity contribution < 1.29 is 9.84 Å². The zero-order chi connectivity index (χ0) is 8.10. The highest BCUT2D eigenvalue weighted by molar-refractivity contribution is 4.65. The number of rotatable bonds is 4. The normalized spacial score (nSPS) is 27.3. The van der Waals surface area contributed by atoms with Gasteiger partial charge in [-0.05, 0) is 39.0 Å². The summed E-state index contributed by atoms with van der Waals surface area (Å²) < 4.78 is 5.45. The van der Waals surface area contributed by atoms with Crippen LogP contribution in [-0.4, -0.2) is 23.9 Å². The first-order valence-corrected chi connectivity index (χ1v) is 4.58. The number of aliphatic hydroxyl groups excluding tert-OH is 1. The zero-order valence-electron chi connectivity index (χ0n) is 7.25. The fourth-order valence-electron chi connectivity index (χ4n) is 1.51. The van der Waals surface area contributed by atoms with E-state index in [2.05, 4.69) is 0 Å². The molecule has 0 radical (unpaired) electrons. The Bertz CT molecular complexity index is 95.7. The molecular weight excluding hydrogens is 140 g/mol. The van der Waals surface area contributed by atoms with E-state index in [1.807, 2.05) is 6.92 Å². The quantitative estimate of drug-likeness (QED) is 0.675. The molecule has 0 aliphatic carbocycles. The molecule has 1 aliphatic heterocycles. The molecule has 1 heterocycles. The van der Waals surface area contributed by atoms with Crippen LogP contribution in [0.25, 0.3) is 0 Å². The fraction of sp³-hybridized carbons (Fsp3) is 1.00. The lowest BCUT2D eigenvalue weighted by molar-refractivity contribution is 0.0963. The van der Waals surface area contributed by atoms with Crippen molar-refractivity contribution in [2.24, 2.45) is 0 Å².